The minimum atomic E-state index is -0.698. The number of aliphatic carboxylic acids is 1. The van der Waals surface area contributed by atoms with Crippen LogP contribution in [0.25, 0.3) is 10.8 Å². The maximum Gasteiger partial charge on any atom is 0.303 e. The van der Waals surface area contributed by atoms with E-state index < -0.39 is 5.97 Å². The Morgan fingerprint density at radius 1 is 0.769 bits per heavy atom. The topological polar surface area (TPSA) is 66.4 Å². The molecule has 0 spiro atoms. The predicted octanol–water partition coefficient (Wildman–Crippen LogP) is 5.17. The SMILES string of the molecule is O=C(O)CCCCCCCCCCNC(=O)c1ccc2ccccc2c1. The maximum absolute atomic E-state index is 12.2. The van der Waals surface area contributed by atoms with Gasteiger partial charge >= 0.3 is 5.97 Å². The van der Waals surface area contributed by atoms with E-state index in [1.54, 1.807) is 0 Å². The van der Waals surface area contributed by atoms with Crippen LogP contribution in [-0.4, -0.2) is 23.5 Å². The molecule has 4 heteroatoms. The molecule has 0 aliphatic carbocycles. The fourth-order valence-corrected chi connectivity index (χ4v) is 3.10. The van der Waals surface area contributed by atoms with Crippen LogP contribution >= 0.6 is 0 Å². The van der Waals surface area contributed by atoms with Crippen molar-refractivity contribution in [3.63, 3.8) is 0 Å². The Bertz CT molecular complexity index is 711. The molecule has 2 rings (SSSR count). The van der Waals surface area contributed by atoms with Crippen molar-refractivity contribution in [3.05, 3.63) is 48.0 Å². The van der Waals surface area contributed by atoms with Crippen LogP contribution in [-0.2, 0) is 4.79 Å². The van der Waals surface area contributed by atoms with Crippen molar-refractivity contribution in [2.75, 3.05) is 6.54 Å². The number of rotatable bonds is 12. The van der Waals surface area contributed by atoms with E-state index in [0.717, 1.165) is 42.9 Å². The van der Waals surface area contributed by atoms with Gasteiger partial charge in [0.1, 0.15) is 0 Å². The summed E-state index contributed by atoms with van der Waals surface area (Å²) in [6.45, 7) is 0.713. The highest BCUT2D eigenvalue weighted by molar-refractivity contribution is 5.98. The number of amides is 1. The van der Waals surface area contributed by atoms with Crippen molar-refractivity contribution in [1.82, 2.24) is 5.32 Å². The molecule has 0 aliphatic rings. The Kier molecular flexibility index (Phi) is 8.67. The smallest absolute Gasteiger partial charge is 0.303 e. The fourth-order valence-electron chi connectivity index (χ4n) is 3.10. The normalized spacial score (nSPS) is 10.8. The van der Waals surface area contributed by atoms with Crippen LogP contribution < -0.4 is 5.32 Å². The summed E-state index contributed by atoms with van der Waals surface area (Å²) >= 11 is 0. The Hall–Kier alpha value is -2.36. The monoisotopic (exact) mass is 355 g/mol. The van der Waals surface area contributed by atoms with Crippen LogP contribution in [0.4, 0.5) is 0 Å². The maximum atomic E-state index is 12.2. The molecule has 0 radical (unpaired) electrons. The van der Waals surface area contributed by atoms with E-state index in [-0.39, 0.29) is 12.3 Å². The third-order valence-corrected chi connectivity index (χ3v) is 4.61. The number of carboxylic acid groups (broad SMARTS) is 1. The minimum absolute atomic E-state index is 0.00539. The first-order valence-electron chi connectivity index (χ1n) is 9.65. The zero-order valence-corrected chi connectivity index (χ0v) is 15.4. The first-order chi connectivity index (χ1) is 12.7. The van der Waals surface area contributed by atoms with Gasteiger partial charge < -0.3 is 10.4 Å². The molecule has 0 bridgehead atoms. The Morgan fingerprint density at radius 3 is 2.08 bits per heavy atom. The van der Waals surface area contributed by atoms with Crippen LogP contribution in [0.1, 0.15) is 68.1 Å². The highest BCUT2D eigenvalue weighted by Gasteiger charge is 2.05. The predicted molar refractivity (Wildman–Crippen MR) is 105 cm³/mol. The number of benzene rings is 2. The Balaban J connectivity index is 1.52. The lowest BCUT2D eigenvalue weighted by Crippen LogP contribution is -2.24. The molecule has 0 saturated carbocycles. The lowest BCUT2D eigenvalue weighted by molar-refractivity contribution is -0.137. The number of carbonyl (C=O) groups is 2. The molecule has 0 saturated heterocycles. The van der Waals surface area contributed by atoms with Crippen LogP contribution in [0, 0.1) is 0 Å². The summed E-state index contributed by atoms with van der Waals surface area (Å²) in [6.07, 6.45) is 8.85. The van der Waals surface area contributed by atoms with Crippen molar-refractivity contribution < 1.29 is 14.7 Å². The second-order valence-corrected chi connectivity index (χ2v) is 6.79. The zero-order chi connectivity index (χ0) is 18.6. The number of unbranched alkanes of at least 4 members (excludes halogenated alkanes) is 7. The van der Waals surface area contributed by atoms with E-state index in [4.69, 9.17) is 5.11 Å². The number of carboxylic acids is 1. The summed E-state index contributed by atoms with van der Waals surface area (Å²) in [7, 11) is 0. The van der Waals surface area contributed by atoms with Crippen molar-refractivity contribution in [2.45, 2.75) is 57.8 Å². The van der Waals surface area contributed by atoms with Gasteiger partial charge in [0.25, 0.3) is 5.91 Å². The van der Waals surface area contributed by atoms with Gasteiger partial charge in [0.05, 0.1) is 0 Å². The summed E-state index contributed by atoms with van der Waals surface area (Å²) in [4.78, 5) is 22.6. The first-order valence-corrected chi connectivity index (χ1v) is 9.65. The number of carbonyl (C=O) groups excluding carboxylic acids is 1. The lowest BCUT2D eigenvalue weighted by atomic mass is 10.1. The van der Waals surface area contributed by atoms with Crippen molar-refractivity contribution in [2.24, 2.45) is 0 Å². The summed E-state index contributed by atoms with van der Waals surface area (Å²) < 4.78 is 0. The molecule has 2 N–H and O–H groups in total. The van der Waals surface area contributed by atoms with Gasteiger partial charge in [0.2, 0.25) is 0 Å². The van der Waals surface area contributed by atoms with E-state index in [2.05, 4.69) is 5.32 Å². The second kappa shape index (κ2) is 11.3. The molecule has 4 nitrogen and oxygen atoms in total. The van der Waals surface area contributed by atoms with E-state index in [1.165, 1.54) is 19.3 Å². The highest BCUT2D eigenvalue weighted by Crippen LogP contribution is 2.15. The molecule has 26 heavy (non-hydrogen) atoms. The van der Waals surface area contributed by atoms with E-state index in [0.29, 0.717) is 12.1 Å². The molecule has 1 amide bonds. The summed E-state index contributed by atoms with van der Waals surface area (Å²) in [5, 5.41) is 13.8. The van der Waals surface area contributed by atoms with Crippen LogP contribution in [0.15, 0.2) is 42.5 Å². The van der Waals surface area contributed by atoms with Gasteiger partial charge in [0.15, 0.2) is 0 Å². The van der Waals surface area contributed by atoms with Gasteiger partial charge in [-0.1, -0.05) is 68.9 Å². The lowest BCUT2D eigenvalue weighted by Gasteiger charge is -2.06. The van der Waals surface area contributed by atoms with Crippen LogP contribution in [0.2, 0.25) is 0 Å². The number of hydrogen-bond donors (Lipinski definition) is 2. The van der Waals surface area contributed by atoms with Crippen LogP contribution in [0.5, 0.6) is 0 Å². The van der Waals surface area contributed by atoms with Crippen molar-refractivity contribution >= 4 is 22.6 Å². The molecular weight excluding hydrogens is 326 g/mol. The molecular formula is C22H29NO3. The Morgan fingerprint density at radius 2 is 1.38 bits per heavy atom. The van der Waals surface area contributed by atoms with Gasteiger partial charge in [-0.2, -0.15) is 0 Å². The van der Waals surface area contributed by atoms with Crippen LogP contribution in [0.3, 0.4) is 0 Å². The highest BCUT2D eigenvalue weighted by atomic mass is 16.4. The summed E-state index contributed by atoms with van der Waals surface area (Å²) in [5.74, 6) is -0.704. The molecule has 0 fully saturated rings. The van der Waals surface area contributed by atoms with Gasteiger partial charge in [0, 0.05) is 18.5 Å². The van der Waals surface area contributed by atoms with Crippen molar-refractivity contribution in [1.29, 1.82) is 0 Å². The van der Waals surface area contributed by atoms with Gasteiger partial charge in [-0.15, -0.1) is 0 Å². The van der Waals surface area contributed by atoms with E-state index in [1.807, 2.05) is 42.5 Å². The number of hydrogen-bond acceptors (Lipinski definition) is 2. The third-order valence-electron chi connectivity index (χ3n) is 4.61. The van der Waals surface area contributed by atoms with Crippen molar-refractivity contribution in [3.8, 4) is 0 Å². The molecule has 2 aromatic rings. The molecule has 0 unspecified atom stereocenters. The standard InChI is InChI=1S/C22H29NO3/c24-21(25)13-7-5-3-1-2-4-6-10-16-23-22(26)20-15-14-18-11-8-9-12-19(18)17-20/h8-9,11-12,14-15,17H,1-7,10,13,16H2,(H,23,26)(H,24,25). The number of nitrogens with one attached hydrogen (secondary N) is 1. The minimum Gasteiger partial charge on any atom is -0.481 e. The third kappa shape index (κ3) is 7.26. The molecule has 0 aliphatic heterocycles. The van der Waals surface area contributed by atoms with E-state index >= 15 is 0 Å². The molecule has 2 aromatic carbocycles. The number of fused-ring (bicyclic) bond motifs is 1. The van der Waals surface area contributed by atoms with E-state index in [9.17, 15) is 9.59 Å². The molecule has 140 valence electrons. The quantitative estimate of drug-likeness (QED) is 0.516. The van der Waals surface area contributed by atoms with Gasteiger partial charge in [-0.05, 0) is 35.7 Å². The second-order valence-electron chi connectivity index (χ2n) is 6.79. The average molecular weight is 355 g/mol. The van der Waals surface area contributed by atoms with Gasteiger partial charge in [-0.25, -0.2) is 0 Å². The molecule has 0 aromatic heterocycles. The summed E-state index contributed by atoms with van der Waals surface area (Å²) in [5.41, 5.74) is 0.713. The molecule has 0 atom stereocenters. The van der Waals surface area contributed by atoms with Gasteiger partial charge in [-0.3, -0.25) is 9.59 Å². The zero-order valence-electron chi connectivity index (χ0n) is 15.4. The Labute approximate surface area is 155 Å². The first kappa shape index (κ1) is 20.0. The average Bonchev–Trinajstić information content (AvgIpc) is 2.65. The largest absolute Gasteiger partial charge is 0.481 e. The summed E-state index contributed by atoms with van der Waals surface area (Å²) in [6, 6.07) is 13.9. The fraction of sp³-hybridized carbons (Fsp3) is 0.455. The molecule has 0 heterocycles.